The van der Waals surface area contributed by atoms with Crippen molar-refractivity contribution in [2.24, 2.45) is 46.3 Å². The van der Waals surface area contributed by atoms with Crippen molar-refractivity contribution in [2.75, 3.05) is 0 Å². The molecule has 5 aromatic rings. The van der Waals surface area contributed by atoms with E-state index in [0.29, 0.717) is 23.7 Å². The first-order valence-corrected chi connectivity index (χ1v) is 25.2. The molecule has 0 spiro atoms. The second kappa shape index (κ2) is 18.3. The number of ketones is 1. The summed E-state index contributed by atoms with van der Waals surface area (Å²) in [5.74, 6) is 1.01. The van der Waals surface area contributed by atoms with E-state index in [4.69, 9.17) is 1.37 Å². The average Bonchev–Trinajstić information content (AvgIpc) is 3.42. The smallest absolute Gasteiger partial charge is 0.162 e. The number of aliphatic hydroxyl groups is 1. The van der Waals surface area contributed by atoms with Crippen LogP contribution in [0.2, 0.25) is 19.6 Å². The number of carbonyl (C=O) groups is 1. The number of rotatable bonds is 10. The summed E-state index contributed by atoms with van der Waals surface area (Å²) >= 11 is 1.69. The minimum atomic E-state index is -1.66. The number of fused-ring (bicyclic) bond motifs is 4. The molecule has 1 aliphatic rings. The third-order valence-corrected chi connectivity index (χ3v) is 14.8. The average molecular weight is 984 g/mol. The molecule has 311 valence electrons. The van der Waals surface area contributed by atoms with Gasteiger partial charge < -0.3 is 5.11 Å². The molecule has 57 heavy (non-hydrogen) atoms. The molecular formula is C50H69IrN2O2SSi-. The second-order valence-corrected chi connectivity index (χ2v) is 26.6. The molecular weight excluding hydrogens is 913 g/mol. The maximum absolute atomic E-state index is 12.3. The topological polar surface area (TPSA) is 63.1 Å². The van der Waals surface area contributed by atoms with Crippen molar-refractivity contribution in [1.82, 2.24) is 9.97 Å². The van der Waals surface area contributed by atoms with Crippen molar-refractivity contribution < 1.29 is 32.7 Å². The zero-order chi connectivity index (χ0) is 43.3. The van der Waals surface area contributed by atoms with Crippen LogP contribution >= 0.6 is 11.3 Å². The van der Waals surface area contributed by atoms with E-state index in [1.54, 1.807) is 11.3 Å². The molecule has 0 saturated heterocycles. The maximum Gasteiger partial charge on any atom is 0.162 e. The zero-order valence-corrected chi connectivity index (χ0v) is 41.5. The second-order valence-electron chi connectivity index (χ2n) is 20.5. The third kappa shape index (κ3) is 10.9. The van der Waals surface area contributed by atoms with Crippen LogP contribution in [0.4, 0.5) is 0 Å². The van der Waals surface area contributed by atoms with Gasteiger partial charge in [-0.05, 0) is 71.3 Å². The SMILES string of the molecule is CC(C)C(C(=O)/C=C(\O)C(C(C)C)C(C)C)C(C)C.[2H]c1nc(-c2[c-]c3ccccc3c([Si](C)(C)C)c2)c2sc3cc(C4([2H])CC(C)(C)CC(C)(C)C4)ccc3c2n1.[Ir]. The first kappa shape index (κ1) is 43.9. The molecule has 2 aromatic heterocycles. The molecule has 3 aromatic carbocycles. The molecule has 0 bridgehead atoms. The van der Waals surface area contributed by atoms with Crippen molar-refractivity contribution in [1.29, 1.82) is 0 Å². The van der Waals surface area contributed by atoms with Gasteiger partial charge in [-0.2, -0.15) is 0 Å². The van der Waals surface area contributed by atoms with Crippen LogP contribution in [0.5, 0.6) is 0 Å². The molecule has 1 fully saturated rings. The van der Waals surface area contributed by atoms with Gasteiger partial charge in [-0.25, -0.2) is 4.98 Å². The van der Waals surface area contributed by atoms with Crippen LogP contribution in [0.1, 0.15) is 117 Å². The summed E-state index contributed by atoms with van der Waals surface area (Å²) in [4.78, 5) is 21.6. The Bertz CT molecular complexity index is 2290. The Morgan fingerprint density at radius 1 is 0.877 bits per heavy atom. The van der Waals surface area contributed by atoms with Gasteiger partial charge in [0.25, 0.3) is 0 Å². The van der Waals surface area contributed by atoms with Crippen molar-refractivity contribution in [2.45, 2.75) is 128 Å². The van der Waals surface area contributed by atoms with E-state index in [9.17, 15) is 11.3 Å². The van der Waals surface area contributed by atoms with E-state index in [2.05, 4.69) is 167 Å². The number of benzene rings is 3. The van der Waals surface area contributed by atoms with Crippen LogP contribution in [0, 0.1) is 52.4 Å². The predicted octanol–water partition coefficient (Wildman–Crippen LogP) is 14.2. The number of allylic oxidation sites excluding steroid dienone is 2. The minimum Gasteiger partial charge on any atom is -0.512 e. The van der Waals surface area contributed by atoms with E-state index in [0.717, 1.165) is 61.8 Å². The molecule has 0 amide bonds. The summed E-state index contributed by atoms with van der Waals surface area (Å²) < 4.78 is 20.2. The maximum atomic E-state index is 12.3. The Morgan fingerprint density at radius 3 is 2.02 bits per heavy atom. The zero-order valence-electron chi connectivity index (χ0n) is 39.3. The Morgan fingerprint density at radius 2 is 1.46 bits per heavy atom. The van der Waals surface area contributed by atoms with Crippen LogP contribution in [-0.2, 0) is 24.9 Å². The Balaban J connectivity index is 0.000000329. The molecule has 0 aliphatic heterocycles. The third-order valence-electron chi connectivity index (χ3n) is 11.6. The minimum absolute atomic E-state index is 0. The Kier molecular flexibility index (Phi) is 14.1. The summed E-state index contributed by atoms with van der Waals surface area (Å²) in [6, 6.07) is 20.9. The molecule has 1 radical (unpaired) electrons. The number of hydrogen-bond acceptors (Lipinski definition) is 5. The van der Waals surface area contributed by atoms with E-state index < -0.39 is 14.0 Å². The van der Waals surface area contributed by atoms with Gasteiger partial charge in [0.1, 0.15) is 7.67 Å². The van der Waals surface area contributed by atoms with Gasteiger partial charge in [0, 0.05) is 59.9 Å². The molecule has 6 rings (SSSR count). The molecule has 0 unspecified atom stereocenters. The van der Waals surface area contributed by atoms with E-state index in [-0.39, 0.29) is 60.6 Å². The van der Waals surface area contributed by atoms with Gasteiger partial charge in [-0.15, -0.1) is 40.1 Å². The van der Waals surface area contributed by atoms with Gasteiger partial charge in [0.15, 0.2) is 5.78 Å². The normalized spacial score (nSPS) is 17.4. The van der Waals surface area contributed by atoms with Gasteiger partial charge >= 0.3 is 0 Å². The number of hydrogen-bond donors (Lipinski definition) is 1. The van der Waals surface area contributed by atoms with Gasteiger partial charge in [-0.1, -0.05) is 144 Å². The van der Waals surface area contributed by atoms with Crippen molar-refractivity contribution in [3.8, 4) is 11.3 Å². The summed E-state index contributed by atoms with van der Waals surface area (Å²) in [5, 5.41) is 15.0. The molecule has 4 nitrogen and oxygen atoms in total. The number of thiophene rings is 1. The summed E-state index contributed by atoms with van der Waals surface area (Å²) in [5.41, 5.74) is 3.89. The summed E-state index contributed by atoms with van der Waals surface area (Å²) in [7, 11) is -1.66. The molecule has 2 heterocycles. The standard InChI is InChI=1S/C33H37N2SSi.C17H32O2.Ir/c1-32(2)17-24(18-33(3,4)19-32)21-12-13-26-27(15-21)36-31-29(34-20-35-30(26)31)23-14-22-10-8-9-11-25(22)28(16-23)37(5,6)7;1-10(2)16(11(3)4)14(18)9-15(19)17(12(5)6)13(7)8;/h8-13,15-16,20,24H,17-19H2,1-7H3;9-13,16-18H,1-8H3;/q-1;;/b;14-9-;/i20D,24D;;. The van der Waals surface area contributed by atoms with Crippen LogP contribution in [0.15, 0.2) is 66.7 Å². The van der Waals surface area contributed by atoms with Gasteiger partial charge in [0.05, 0.1) is 19.3 Å². The molecule has 7 heteroatoms. The molecule has 1 saturated carbocycles. The van der Waals surface area contributed by atoms with Crippen LogP contribution in [0.25, 0.3) is 42.3 Å². The number of carbonyl (C=O) groups excluding carboxylic acids is 1. The monoisotopic (exact) mass is 984 g/mol. The quantitative estimate of drug-likeness (QED) is 0.0655. The fourth-order valence-corrected chi connectivity index (χ4v) is 12.8. The van der Waals surface area contributed by atoms with Crippen LogP contribution < -0.4 is 5.19 Å². The van der Waals surface area contributed by atoms with Crippen LogP contribution in [0.3, 0.4) is 0 Å². The van der Waals surface area contributed by atoms with E-state index >= 15 is 0 Å². The first-order chi connectivity index (χ1) is 26.7. The Labute approximate surface area is 365 Å². The number of aromatic nitrogens is 2. The number of aliphatic hydroxyl groups excluding tert-OH is 1. The summed E-state index contributed by atoms with van der Waals surface area (Å²) in [6.07, 6.45) is 4.36. The van der Waals surface area contributed by atoms with Crippen molar-refractivity contribution in [3.63, 3.8) is 0 Å². The van der Waals surface area contributed by atoms with Gasteiger partial charge in [0.2, 0.25) is 0 Å². The van der Waals surface area contributed by atoms with Crippen molar-refractivity contribution >= 4 is 61.5 Å². The molecule has 1 aliphatic carbocycles. The Hall–Kier alpha value is -2.70. The predicted molar refractivity (Wildman–Crippen MR) is 246 cm³/mol. The summed E-state index contributed by atoms with van der Waals surface area (Å²) in [6.45, 7) is 32.9. The van der Waals surface area contributed by atoms with E-state index in [1.165, 1.54) is 16.6 Å². The largest absolute Gasteiger partial charge is 0.512 e. The van der Waals surface area contributed by atoms with Crippen molar-refractivity contribution in [3.05, 3.63) is 78.3 Å². The van der Waals surface area contributed by atoms with Gasteiger partial charge in [-0.3, -0.25) is 9.78 Å². The number of nitrogens with zero attached hydrogens (tertiary/aromatic N) is 2. The fraction of sp³-hybridized carbons (Fsp3) is 0.540. The van der Waals surface area contributed by atoms with Crippen LogP contribution in [-0.4, -0.2) is 28.9 Å². The molecule has 0 atom stereocenters. The van der Waals surface area contributed by atoms with E-state index in [1.807, 2.05) is 0 Å². The fourth-order valence-electron chi connectivity index (χ4n) is 9.97. The first-order valence-electron chi connectivity index (χ1n) is 21.9. The molecule has 1 N–H and O–H groups in total.